The summed E-state index contributed by atoms with van der Waals surface area (Å²) in [5.41, 5.74) is 4.74. The van der Waals surface area contributed by atoms with Gasteiger partial charge in [-0.2, -0.15) is 0 Å². The molecule has 28 heavy (non-hydrogen) atoms. The van der Waals surface area contributed by atoms with Crippen molar-refractivity contribution in [2.75, 3.05) is 13.1 Å². The molecule has 0 spiro atoms. The molecule has 4 heterocycles. The summed E-state index contributed by atoms with van der Waals surface area (Å²) in [6, 6.07) is 14.2. The molecule has 1 aromatic heterocycles. The van der Waals surface area contributed by atoms with E-state index in [1.807, 2.05) is 11.3 Å². The Kier molecular flexibility index (Phi) is 5.64. The van der Waals surface area contributed by atoms with Gasteiger partial charge in [0.15, 0.2) is 0 Å². The smallest absolute Gasteiger partial charge is 0.0732 e. The first-order chi connectivity index (χ1) is 13.9. The summed E-state index contributed by atoms with van der Waals surface area (Å²) in [5, 5.41) is 2.17. The van der Waals surface area contributed by atoms with Gasteiger partial charge in [0, 0.05) is 16.5 Å². The molecule has 1 unspecified atom stereocenters. The Morgan fingerprint density at radius 2 is 1.71 bits per heavy atom. The summed E-state index contributed by atoms with van der Waals surface area (Å²) in [6.07, 6.45) is 10.8. The molecule has 2 nitrogen and oxygen atoms in total. The maximum atomic E-state index is 5.21. The average molecular weight is 393 g/mol. The molecule has 2 bridgehead atoms. The monoisotopic (exact) mass is 392 g/mol. The fourth-order valence-electron chi connectivity index (χ4n) is 5.75. The Labute approximate surface area is 173 Å². The number of hydrogen-bond donors (Lipinski definition) is 0. The van der Waals surface area contributed by atoms with Crippen molar-refractivity contribution in [1.82, 2.24) is 4.90 Å². The van der Waals surface area contributed by atoms with E-state index in [1.165, 1.54) is 68.6 Å². The third kappa shape index (κ3) is 3.84. The van der Waals surface area contributed by atoms with Gasteiger partial charge >= 0.3 is 0 Å². The first kappa shape index (κ1) is 18.6. The van der Waals surface area contributed by atoms with E-state index < -0.39 is 0 Å². The molecule has 1 aliphatic carbocycles. The normalized spacial score (nSPS) is 29.4. The highest BCUT2D eigenvalue weighted by atomic mass is 32.1. The van der Waals surface area contributed by atoms with Crippen LogP contribution in [0.1, 0.15) is 66.9 Å². The van der Waals surface area contributed by atoms with Crippen LogP contribution in [-0.4, -0.2) is 29.7 Å². The van der Waals surface area contributed by atoms with Gasteiger partial charge < -0.3 is 0 Å². The number of aliphatic imine (C=N–C) groups is 1. The number of fused-ring (bicyclic) bond motifs is 3. The fraction of sp³-hybridized carbons (Fsp3) is 0.560. The summed E-state index contributed by atoms with van der Waals surface area (Å²) in [7, 11) is 0. The van der Waals surface area contributed by atoms with Crippen LogP contribution < -0.4 is 0 Å². The molecule has 4 aliphatic rings. The zero-order chi connectivity index (χ0) is 18.8. The van der Waals surface area contributed by atoms with E-state index in [0.717, 1.165) is 24.8 Å². The van der Waals surface area contributed by atoms with Crippen LogP contribution in [-0.2, 0) is 13.0 Å². The topological polar surface area (TPSA) is 15.6 Å². The van der Waals surface area contributed by atoms with Crippen molar-refractivity contribution in [1.29, 1.82) is 0 Å². The van der Waals surface area contributed by atoms with Gasteiger partial charge in [-0.15, -0.1) is 11.3 Å². The number of piperidine rings is 3. The average Bonchev–Trinajstić information content (AvgIpc) is 3.28. The van der Waals surface area contributed by atoms with Crippen LogP contribution >= 0.6 is 11.3 Å². The molecule has 3 aliphatic heterocycles. The molecule has 148 valence electrons. The van der Waals surface area contributed by atoms with E-state index in [9.17, 15) is 0 Å². The zero-order valence-corrected chi connectivity index (χ0v) is 17.7. The molecule has 1 saturated carbocycles. The van der Waals surface area contributed by atoms with Crippen LogP contribution in [0.4, 0.5) is 0 Å². The third-order valence-corrected chi connectivity index (χ3v) is 8.10. The van der Waals surface area contributed by atoms with Gasteiger partial charge in [-0.05, 0) is 73.7 Å². The summed E-state index contributed by atoms with van der Waals surface area (Å²) in [5.74, 6) is 1.50. The summed E-state index contributed by atoms with van der Waals surface area (Å²) in [6.45, 7) is 3.40. The van der Waals surface area contributed by atoms with Crippen LogP contribution in [0.25, 0.3) is 0 Å². The zero-order valence-electron chi connectivity index (χ0n) is 16.9. The predicted octanol–water partition coefficient (Wildman–Crippen LogP) is 6.07. The van der Waals surface area contributed by atoms with Gasteiger partial charge in [-0.1, -0.05) is 49.6 Å². The van der Waals surface area contributed by atoms with E-state index in [-0.39, 0.29) is 0 Å². The van der Waals surface area contributed by atoms with Crippen LogP contribution in [0.5, 0.6) is 0 Å². The Morgan fingerprint density at radius 3 is 2.50 bits per heavy atom. The first-order valence-electron chi connectivity index (χ1n) is 11.3. The second kappa shape index (κ2) is 8.51. The second-order valence-electron chi connectivity index (χ2n) is 8.88. The van der Waals surface area contributed by atoms with Crippen molar-refractivity contribution in [2.24, 2.45) is 10.9 Å². The van der Waals surface area contributed by atoms with Crippen molar-refractivity contribution < 1.29 is 0 Å². The number of rotatable bonds is 5. The highest BCUT2D eigenvalue weighted by molar-refractivity contribution is 7.09. The van der Waals surface area contributed by atoms with Crippen LogP contribution in [0.15, 0.2) is 46.8 Å². The van der Waals surface area contributed by atoms with Gasteiger partial charge in [0.1, 0.15) is 0 Å². The van der Waals surface area contributed by atoms with Crippen LogP contribution in [0.2, 0.25) is 0 Å². The summed E-state index contributed by atoms with van der Waals surface area (Å²) < 4.78 is 0. The molecule has 3 heteroatoms. The Hall–Kier alpha value is -1.45. The SMILES string of the molecule is c1csc(CN=C2C3CCN(CC3)C2Cc2ccccc2C2CCCCC2)c1. The summed E-state index contributed by atoms with van der Waals surface area (Å²) >= 11 is 1.84. The van der Waals surface area contributed by atoms with Crippen molar-refractivity contribution in [2.45, 2.75) is 69.9 Å². The Balaban J connectivity index is 1.40. The van der Waals surface area contributed by atoms with Gasteiger partial charge in [0.2, 0.25) is 0 Å². The molecular weight excluding hydrogens is 360 g/mol. The van der Waals surface area contributed by atoms with E-state index in [2.05, 4.69) is 46.7 Å². The van der Waals surface area contributed by atoms with E-state index >= 15 is 0 Å². The molecule has 1 atom stereocenters. The largest absolute Gasteiger partial charge is 0.295 e. The standard InChI is InChI=1S/C25H32N2S/c1-2-7-19(8-3-1)23-11-5-4-9-21(23)17-24-25(20-12-14-27(24)15-13-20)26-18-22-10-6-16-28-22/h4-6,9-11,16,19-20,24H,1-3,7-8,12-15,17-18H2. The summed E-state index contributed by atoms with van der Waals surface area (Å²) in [4.78, 5) is 9.33. The van der Waals surface area contributed by atoms with Crippen molar-refractivity contribution in [3.8, 4) is 0 Å². The fourth-order valence-corrected chi connectivity index (χ4v) is 6.37. The lowest BCUT2D eigenvalue weighted by molar-refractivity contribution is 0.144. The third-order valence-electron chi connectivity index (χ3n) is 7.24. The maximum Gasteiger partial charge on any atom is 0.0732 e. The van der Waals surface area contributed by atoms with Crippen molar-refractivity contribution in [3.05, 3.63) is 57.8 Å². The predicted molar refractivity (Wildman–Crippen MR) is 120 cm³/mol. The highest BCUT2D eigenvalue weighted by Gasteiger charge is 2.39. The van der Waals surface area contributed by atoms with Gasteiger partial charge in [0.25, 0.3) is 0 Å². The Bertz CT molecular complexity index is 796. The second-order valence-corrected chi connectivity index (χ2v) is 9.92. The molecule has 3 saturated heterocycles. The van der Waals surface area contributed by atoms with Crippen LogP contribution in [0, 0.1) is 5.92 Å². The molecule has 4 fully saturated rings. The molecular formula is C25H32N2S. The number of thiophene rings is 1. The highest BCUT2D eigenvalue weighted by Crippen LogP contribution is 2.37. The van der Waals surface area contributed by atoms with E-state index in [0.29, 0.717) is 6.04 Å². The van der Waals surface area contributed by atoms with Gasteiger partial charge in [-0.3, -0.25) is 9.89 Å². The molecule has 0 radical (unpaired) electrons. The van der Waals surface area contributed by atoms with Crippen molar-refractivity contribution >= 4 is 17.0 Å². The molecule has 6 rings (SSSR count). The molecule has 0 N–H and O–H groups in total. The lowest BCUT2D eigenvalue weighted by Gasteiger charge is -2.47. The molecule has 0 amide bonds. The maximum absolute atomic E-state index is 5.21. The van der Waals surface area contributed by atoms with Gasteiger partial charge in [0.05, 0.1) is 12.6 Å². The van der Waals surface area contributed by atoms with E-state index in [1.54, 1.807) is 11.1 Å². The molecule has 2 aromatic rings. The van der Waals surface area contributed by atoms with Crippen molar-refractivity contribution in [3.63, 3.8) is 0 Å². The minimum Gasteiger partial charge on any atom is -0.295 e. The number of hydrogen-bond acceptors (Lipinski definition) is 3. The lowest BCUT2D eigenvalue weighted by atomic mass is 9.76. The minimum absolute atomic E-state index is 0.525. The van der Waals surface area contributed by atoms with E-state index in [4.69, 9.17) is 4.99 Å². The minimum atomic E-state index is 0.525. The first-order valence-corrected chi connectivity index (χ1v) is 12.1. The van der Waals surface area contributed by atoms with Crippen LogP contribution in [0.3, 0.4) is 0 Å². The Morgan fingerprint density at radius 1 is 0.893 bits per heavy atom. The number of benzene rings is 1. The molecule has 1 aromatic carbocycles. The quantitative estimate of drug-likeness (QED) is 0.602. The lowest BCUT2D eigenvalue weighted by Crippen LogP contribution is -2.56. The number of nitrogens with zero attached hydrogens (tertiary/aromatic N) is 2. The van der Waals surface area contributed by atoms with Gasteiger partial charge in [-0.25, -0.2) is 0 Å².